The lowest BCUT2D eigenvalue weighted by atomic mass is 10.2. The predicted molar refractivity (Wildman–Crippen MR) is 68.3 cm³/mol. The molecule has 0 saturated carbocycles. The first-order chi connectivity index (χ1) is 9.61. The molecule has 0 aliphatic heterocycles. The number of carbonyl (C=O) groups is 1. The van der Waals surface area contributed by atoms with Gasteiger partial charge in [0.25, 0.3) is 0 Å². The van der Waals surface area contributed by atoms with E-state index < -0.39 is 5.91 Å². The highest BCUT2D eigenvalue weighted by Gasteiger charge is 2.22. The number of nitrogens with one attached hydrogen (secondary N) is 1. The zero-order valence-electron chi connectivity index (χ0n) is 10.9. The summed E-state index contributed by atoms with van der Waals surface area (Å²) in [5, 5.41) is 18.1. The number of amides is 1. The highest BCUT2D eigenvalue weighted by molar-refractivity contribution is 5.93. The van der Waals surface area contributed by atoms with Crippen LogP contribution in [-0.4, -0.2) is 24.4 Å². The molecule has 1 N–H and O–H groups in total. The molecule has 2 aromatic rings. The van der Waals surface area contributed by atoms with Crippen LogP contribution in [0.4, 0.5) is 0 Å². The summed E-state index contributed by atoms with van der Waals surface area (Å²) in [4.78, 5) is 11.8. The normalized spacial score (nSPS) is 10.7. The largest absolute Gasteiger partial charge is 0.497 e. The third kappa shape index (κ3) is 2.91. The minimum atomic E-state index is -0.625. The van der Waals surface area contributed by atoms with Crippen molar-refractivity contribution in [1.82, 2.24) is 10.6 Å². The summed E-state index contributed by atoms with van der Waals surface area (Å²) in [6.45, 7) is 1.42. The molecule has 0 atom stereocenters. The van der Waals surface area contributed by atoms with Gasteiger partial charge in [-0.2, -0.15) is 5.10 Å². The molecule has 1 aromatic carbocycles. The van der Waals surface area contributed by atoms with Gasteiger partial charge in [0.2, 0.25) is 5.69 Å². The van der Waals surface area contributed by atoms with Crippen molar-refractivity contribution in [3.05, 3.63) is 46.4 Å². The Hall–Kier alpha value is -2.90. The van der Waals surface area contributed by atoms with E-state index in [1.54, 1.807) is 31.4 Å². The Morgan fingerprint density at radius 1 is 1.60 bits per heavy atom. The Labute approximate surface area is 114 Å². The van der Waals surface area contributed by atoms with Crippen molar-refractivity contribution < 1.29 is 19.1 Å². The third-order valence-corrected chi connectivity index (χ3v) is 2.51. The van der Waals surface area contributed by atoms with E-state index in [0.717, 1.165) is 5.56 Å². The average Bonchev–Trinajstić information content (AvgIpc) is 2.79. The van der Waals surface area contributed by atoms with Crippen LogP contribution in [0.15, 0.2) is 34.0 Å². The second kappa shape index (κ2) is 5.83. The second-order valence-corrected chi connectivity index (χ2v) is 3.84. The number of rotatable bonds is 4. The monoisotopic (exact) mass is 276 g/mol. The maximum Gasteiger partial charge on any atom is 0.322 e. The molecule has 1 heterocycles. The highest BCUT2D eigenvalue weighted by Crippen LogP contribution is 2.10. The average molecular weight is 276 g/mol. The molecule has 0 bridgehead atoms. The van der Waals surface area contributed by atoms with Gasteiger partial charge in [0, 0.05) is 6.92 Å². The van der Waals surface area contributed by atoms with E-state index in [9.17, 15) is 10.0 Å². The first-order valence-electron chi connectivity index (χ1n) is 5.65. The first kappa shape index (κ1) is 13.5. The minimum Gasteiger partial charge on any atom is -0.497 e. The zero-order chi connectivity index (χ0) is 14.5. The molecule has 0 spiro atoms. The maximum atomic E-state index is 11.7. The van der Waals surface area contributed by atoms with E-state index in [-0.39, 0.29) is 16.3 Å². The van der Waals surface area contributed by atoms with Crippen LogP contribution in [0.1, 0.15) is 21.7 Å². The fourth-order valence-electron chi connectivity index (χ4n) is 1.44. The number of hydrogen-bond donors (Lipinski definition) is 1. The van der Waals surface area contributed by atoms with Gasteiger partial charge in [-0.25, -0.2) is 5.43 Å². The Morgan fingerprint density at radius 3 is 3.05 bits per heavy atom. The van der Waals surface area contributed by atoms with Crippen LogP contribution in [0, 0.1) is 12.1 Å². The van der Waals surface area contributed by atoms with Crippen molar-refractivity contribution in [3.63, 3.8) is 0 Å². The number of nitrogens with zero attached hydrogens (tertiary/aromatic N) is 3. The number of carbonyl (C=O) groups excluding carboxylic acids is 1. The van der Waals surface area contributed by atoms with E-state index in [4.69, 9.17) is 4.74 Å². The summed E-state index contributed by atoms with van der Waals surface area (Å²) in [6.07, 6.45) is 1.45. The van der Waals surface area contributed by atoms with Gasteiger partial charge >= 0.3 is 11.6 Å². The smallest absolute Gasteiger partial charge is 0.322 e. The van der Waals surface area contributed by atoms with Crippen molar-refractivity contribution in [2.75, 3.05) is 7.11 Å². The van der Waals surface area contributed by atoms with Crippen LogP contribution >= 0.6 is 0 Å². The standard InChI is InChI=1S/C12H12N4O4/c1-8-11(15-20-16(8)18)12(17)14-13-7-9-4-3-5-10(6-9)19-2/h3-7H,1-2H3,(H,14,17)/b13-7-. The predicted octanol–water partition coefficient (Wildman–Crippen LogP) is 0.389. The van der Waals surface area contributed by atoms with Crippen molar-refractivity contribution in [2.45, 2.75) is 6.92 Å². The lowest BCUT2D eigenvalue weighted by molar-refractivity contribution is -0.806. The summed E-state index contributed by atoms with van der Waals surface area (Å²) < 4.78 is 9.35. The molecule has 0 saturated heterocycles. The lowest BCUT2D eigenvalue weighted by Gasteiger charge is -1.99. The van der Waals surface area contributed by atoms with Gasteiger partial charge < -0.3 is 9.94 Å². The van der Waals surface area contributed by atoms with Gasteiger partial charge in [0.1, 0.15) is 5.75 Å². The molecule has 0 aliphatic rings. The molecular formula is C12H12N4O4. The molecule has 1 amide bonds. The summed E-state index contributed by atoms with van der Waals surface area (Å²) in [7, 11) is 1.56. The zero-order valence-corrected chi connectivity index (χ0v) is 10.9. The molecule has 0 fully saturated rings. The number of hydrazone groups is 1. The molecule has 0 aliphatic carbocycles. The van der Waals surface area contributed by atoms with Crippen molar-refractivity contribution in [2.24, 2.45) is 5.10 Å². The highest BCUT2D eigenvalue weighted by atomic mass is 16.8. The maximum absolute atomic E-state index is 11.7. The number of ether oxygens (including phenoxy) is 1. The summed E-state index contributed by atoms with van der Waals surface area (Å²) in [6, 6.07) is 7.14. The van der Waals surface area contributed by atoms with Crippen molar-refractivity contribution >= 4 is 12.1 Å². The lowest BCUT2D eigenvalue weighted by Crippen LogP contribution is -2.28. The second-order valence-electron chi connectivity index (χ2n) is 3.84. The van der Waals surface area contributed by atoms with Gasteiger partial charge in [-0.3, -0.25) is 9.42 Å². The minimum absolute atomic E-state index is 0.0686. The van der Waals surface area contributed by atoms with Gasteiger partial charge in [-0.05, 0) is 22.6 Å². The number of hydrogen-bond acceptors (Lipinski definition) is 6. The molecule has 8 heteroatoms. The van der Waals surface area contributed by atoms with E-state index in [1.807, 2.05) is 0 Å². The molecule has 0 unspecified atom stereocenters. The molecule has 2 rings (SSSR count). The molecule has 0 radical (unpaired) electrons. The van der Waals surface area contributed by atoms with Gasteiger partial charge in [-0.1, -0.05) is 12.1 Å². The molecule has 8 nitrogen and oxygen atoms in total. The quantitative estimate of drug-likeness (QED) is 0.494. The fourth-order valence-corrected chi connectivity index (χ4v) is 1.44. The van der Waals surface area contributed by atoms with Crippen molar-refractivity contribution in [1.29, 1.82) is 0 Å². The first-order valence-corrected chi connectivity index (χ1v) is 5.65. The third-order valence-electron chi connectivity index (χ3n) is 2.51. The van der Waals surface area contributed by atoms with Gasteiger partial charge in [-0.15, -0.1) is 0 Å². The SMILES string of the molecule is COc1cccc(/C=N\NC(=O)c2no[n+]([O-])c2C)c1. The van der Waals surface area contributed by atoms with E-state index in [2.05, 4.69) is 20.3 Å². The van der Waals surface area contributed by atoms with Crippen LogP contribution in [0.2, 0.25) is 0 Å². The number of benzene rings is 1. The van der Waals surface area contributed by atoms with Crippen LogP contribution in [-0.2, 0) is 0 Å². The van der Waals surface area contributed by atoms with E-state index >= 15 is 0 Å². The van der Waals surface area contributed by atoms with Crippen LogP contribution in [0.25, 0.3) is 0 Å². The van der Waals surface area contributed by atoms with Gasteiger partial charge in [0.05, 0.1) is 18.5 Å². The summed E-state index contributed by atoms with van der Waals surface area (Å²) >= 11 is 0. The summed E-state index contributed by atoms with van der Waals surface area (Å²) in [5.74, 6) is 0.0556. The van der Waals surface area contributed by atoms with Crippen molar-refractivity contribution in [3.8, 4) is 5.75 Å². The summed E-state index contributed by atoms with van der Waals surface area (Å²) in [5.41, 5.74) is 2.96. The molecule has 20 heavy (non-hydrogen) atoms. The molecule has 104 valence electrons. The van der Waals surface area contributed by atoms with Crippen LogP contribution in [0.5, 0.6) is 5.75 Å². The van der Waals surface area contributed by atoms with Gasteiger partial charge in [0.15, 0.2) is 0 Å². The van der Waals surface area contributed by atoms with E-state index in [1.165, 1.54) is 13.1 Å². The van der Waals surface area contributed by atoms with E-state index in [0.29, 0.717) is 5.75 Å². The Kier molecular flexibility index (Phi) is 3.94. The Bertz CT molecular complexity index is 651. The topological polar surface area (TPSA) is 104 Å². The molecular weight excluding hydrogens is 264 g/mol. The number of methoxy groups -OCH3 is 1. The van der Waals surface area contributed by atoms with Crippen LogP contribution < -0.4 is 15.1 Å². The Morgan fingerprint density at radius 2 is 2.40 bits per heavy atom. The van der Waals surface area contributed by atoms with Crippen LogP contribution in [0.3, 0.4) is 0 Å². The fraction of sp³-hybridized carbons (Fsp3) is 0.167. The molecule has 1 aromatic heterocycles. The Balaban J connectivity index is 2.02. The number of aromatic nitrogens is 2.